The second kappa shape index (κ2) is 22.9. The smallest absolute Gasteiger partial charge is 0.410 e. The van der Waals surface area contributed by atoms with Gasteiger partial charge in [-0.05, 0) is 104 Å². The summed E-state index contributed by atoms with van der Waals surface area (Å²) < 4.78 is 51.9. The molecule has 7 rings (SSSR count). The van der Waals surface area contributed by atoms with Gasteiger partial charge in [-0.3, -0.25) is 19.0 Å². The zero-order valence-corrected chi connectivity index (χ0v) is 44.3. The monoisotopic (exact) mass is 1030 g/mol. The van der Waals surface area contributed by atoms with Gasteiger partial charge in [-0.15, -0.1) is 10.2 Å². The summed E-state index contributed by atoms with van der Waals surface area (Å²) in [5.74, 6) is -6.03. The van der Waals surface area contributed by atoms with Crippen LogP contribution < -0.4 is 11.5 Å². The van der Waals surface area contributed by atoms with Gasteiger partial charge in [-0.1, -0.05) is 62.4 Å². The summed E-state index contributed by atoms with van der Waals surface area (Å²) in [5.41, 5.74) is 9.81. The molecule has 0 saturated carbocycles. The molecule has 4 aromatic rings. The summed E-state index contributed by atoms with van der Waals surface area (Å²) in [6.07, 6.45) is -0.577. The van der Waals surface area contributed by atoms with E-state index in [4.69, 9.17) is 35.2 Å². The highest BCUT2D eigenvalue weighted by molar-refractivity contribution is 6.08. The number of likely N-dealkylation sites (N-methyl/N-ethyl adjacent to an activating group) is 1. The number of esters is 1. The SMILES string of the molecule is CC[C@H]1OC(=O)[C@@](C)(F)C(=O)[C@H](C)[C@@H](O[C@@H]2O[C@H](C)C[C@H](N(C)CCCn3cc(-c4cccc(N)c4)nn3)[C@H]2O)[C@](C)(OC)C[C@@H](C)C(=O)[C@H](C)[C@H]2N(CCCCn3cc(-c4cccc(N)c4)nn3)C(=O)O[C@]12C. The van der Waals surface area contributed by atoms with Crippen LogP contribution in [0.1, 0.15) is 93.9 Å². The first-order valence-corrected chi connectivity index (χ1v) is 25.7. The van der Waals surface area contributed by atoms with Crippen molar-refractivity contribution in [1.82, 2.24) is 39.8 Å². The summed E-state index contributed by atoms with van der Waals surface area (Å²) in [6, 6.07) is 13.3. The Kier molecular flexibility index (Phi) is 17.3. The number of carbonyl (C=O) groups excluding carboxylic acids is 4. The van der Waals surface area contributed by atoms with Crippen LogP contribution in [-0.4, -0.2) is 155 Å². The number of nitrogen functional groups attached to an aromatic ring is 2. The predicted molar refractivity (Wildman–Crippen MR) is 272 cm³/mol. The average molecular weight is 1030 g/mol. The van der Waals surface area contributed by atoms with Gasteiger partial charge in [-0.25, -0.2) is 14.0 Å². The molecular weight excluding hydrogens is 956 g/mol. The highest BCUT2D eigenvalue weighted by atomic mass is 19.1. The molecule has 3 aliphatic heterocycles. The quantitative estimate of drug-likeness (QED) is 0.0511. The van der Waals surface area contributed by atoms with Crippen LogP contribution in [0.15, 0.2) is 60.9 Å². The Morgan fingerprint density at radius 1 is 0.865 bits per heavy atom. The number of methoxy groups -OCH3 is 1. The van der Waals surface area contributed by atoms with E-state index in [1.807, 2.05) is 67.7 Å². The summed E-state index contributed by atoms with van der Waals surface area (Å²) in [5, 5.41) is 29.2. The molecule has 13 atom stereocenters. The Hall–Kier alpha value is -5.87. The van der Waals surface area contributed by atoms with Gasteiger partial charge < -0.3 is 50.1 Å². The van der Waals surface area contributed by atoms with E-state index in [0.29, 0.717) is 68.1 Å². The minimum atomic E-state index is -3.23. The topological polar surface area (TPSA) is 255 Å². The number of ketones is 2. The van der Waals surface area contributed by atoms with Crippen molar-refractivity contribution in [2.24, 2.45) is 17.8 Å². The summed E-state index contributed by atoms with van der Waals surface area (Å²) >= 11 is 0. The standard InChI is InChI=1S/C53H75FN10O10/c1-11-42-53(8)45(64(50(69)74-53)24-13-12-22-62-29-39(57-59-62)35-17-14-19-37(55)26-35)33(4)43(65)31(2)28-51(6,70-10)47(34(5)46(67)52(7,54)49(68)72-42)73-48-44(66)41(25-32(3)71-48)61(9)21-16-23-63-30-40(58-60-63)36-18-15-20-38(56)27-36/h14-15,17-20,26-27,29-34,41-42,44-45,47-48,66H,11-13,16,21-25,28,55-56H2,1-10H3/t31-,32-,33+,34+,41+,42-,44-,45-,47-,48+,51-,52+,53-/m1/s1. The second-order valence-corrected chi connectivity index (χ2v) is 21.2. The number of aromatic nitrogens is 6. The molecule has 2 aromatic heterocycles. The molecule has 20 nitrogen and oxygen atoms in total. The maximum Gasteiger partial charge on any atom is 0.410 e. The molecular formula is C53H75FN10O10. The van der Waals surface area contributed by atoms with Gasteiger partial charge in [0.05, 0.1) is 36.2 Å². The fourth-order valence-corrected chi connectivity index (χ4v) is 11.3. The number of fused-ring (bicyclic) bond motifs is 1. The zero-order chi connectivity index (χ0) is 53.9. The maximum absolute atomic E-state index is 17.2. The molecule has 5 N–H and O–H groups in total. The number of rotatable bonds is 16. The third-order valence-corrected chi connectivity index (χ3v) is 15.5. The van der Waals surface area contributed by atoms with E-state index >= 15 is 4.39 Å². The number of nitrogens with zero attached hydrogens (tertiary/aromatic N) is 8. The number of hydrogen-bond donors (Lipinski definition) is 3. The summed E-state index contributed by atoms with van der Waals surface area (Å²) in [6.45, 7) is 14.2. The molecule has 404 valence electrons. The van der Waals surface area contributed by atoms with Crippen molar-refractivity contribution < 1.29 is 52.4 Å². The fraction of sp³-hybridized carbons (Fsp3) is 0.623. The highest BCUT2D eigenvalue weighted by Crippen LogP contribution is 2.44. The van der Waals surface area contributed by atoms with Crippen LogP contribution in [0.3, 0.4) is 0 Å². The van der Waals surface area contributed by atoms with Crippen molar-refractivity contribution >= 4 is 35.0 Å². The van der Waals surface area contributed by atoms with Crippen molar-refractivity contribution in [3.8, 4) is 22.5 Å². The van der Waals surface area contributed by atoms with Crippen LogP contribution in [0.2, 0.25) is 0 Å². The second-order valence-electron chi connectivity index (χ2n) is 21.2. The van der Waals surface area contributed by atoms with Crippen LogP contribution in [0.5, 0.6) is 0 Å². The normalized spacial score (nSPS) is 32.3. The molecule has 0 spiro atoms. The van der Waals surface area contributed by atoms with Crippen molar-refractivity contribution in [3.63, 3.8) is 0 Å². The van der Waals surface area contributed by atoms with Crippen LogP contribution in [0.25, 0.3) is 22.5 Å². The lowest BCUT2D eigenvalue weighted by Gasteiger charge is -2.47. The number of alkyl halides is 1. The lowest BCUT2D eigenvalue weighted by molar-refractivity contribution is -0.296. The number of amides is 1. The molecule has 3 saturated heterocycles. The molecule has 3 aliphatic rings. The van der Waals surface area contributed by atoms with Crippen molar-refractivity contribution in [3.05, 3.63) is 60.9 Å². The Morgan fingerprint density at radius 2 is 1.45 bits per heavy atom. The first-order chi connectivity index (χ1) is 35.0. The molecule has 5 heterocycles. The third-order valence-electron chi connectivity index (χ3n) is 15.5. The lowest BCUT2D eigenvalue weighted by Crippen LogP contribution is -2.62. The van der Waals surface area contributed by atoms with E-state index < -0.39 is 95.3 Å². The predicted octanol–water partition coefficient (Wildman–Crippen LogP) is 5.90. The number of aliphatic hydroxyl groups excluding tert-OH is 1. The molecule has 0 bridgehead atoms. The Labute approximate surface area is 432 Å². The zero-order valence-electron chi connectivity index (χ0n) is 44.3. The van der Waals surface area contributed by atoms with E-state index in [1.165, 1.54) is 18.9 Å². The summed E-state index contributed by atoms with van der Waals surface area (Å²) in [4.78, 5) is 61.2. The Balaban J connectivity index is 1.09. The van der Waals surface area contributed by atoms with E-state index in [9.17, 15) is 24.3 Å². The molecule has 21 heteroatoms. The van der Waals surface area contributed by atoms with Gasteiger partial charge in [0, 0.05) is 73.0 Å². The van der Waals surface area contributed by atoms with Crippen molar-refractivity contribution in [2.45, 2.75) is 167 Å². The third kappa shape index (κ3) is 11.8. The summed E-state index contributed by atoms with van der Waals surface area (Å²) in [7, 11) is 3.29. The first-order valence-electron chi connectivity index (χ1n) is 25.7. The number of carbonyl (C=O) groups is 4. The van der Waals surface area contributed by atoms with Crippen LogP contribution in [0, 0.1) is 17.8 Å². The number of benzene rings is 2. The Morgan fingerprint density at radius 3 is 2.01 bits per heavy atom. The lowest BCUT2D eigenvalue weighted by atomic mass is 9.73. The van der Waals surface area contributed by atoms with Gasteiger partial charge in [0.15, 0.2) is 17.7 Å². The molecule has 1 amide bonds. The van der Waals surface area contributed by atoms with Gasteiger partial charge in [0.2, 0.25) is 0 Å². The molecule has 0 aliphatic carbocycles. The number of halogens is 1. The molecule has 74 heavy (non-hydrogen) atoms. The number of unbranched alkanes of at least 4 members (excludes halogenated alkanes) is 1. The van der Waals surface area contributed by atoms with E-state index in [2.05, 4.69) is 20.6 Å². The Bertz CT molecular complexity index is 2610. The largest absolute Gasteiger partial charge is 0.455 e. The molecule has 0 unspecified atom stereocenters. The number of cyclic esters (lactones) is 1. The van der Waals surface area contributed by atoms with Gasteiger partial charge in [-0.2, -0.15) is 0 Å². The number of nitrogens with two attached hydrogens (primary N) is 2. The van der Waals surface area contributed by atoms with Gasteiger partial charge >= 0.3 is 12.1 Å². The van der Waals surface area contributed by atoms with Gasteiger partial charge in [0.1, 0.15) is 29.4 Å². The minimum Gasteiger partial charge on any atom is -0.455 e. The van der Waals surface area contributed by atoms with E-state index in [0.717, 1.165) is 18.1 Å². The highest BCUT2D eigenvalue weighted by Gasteiger charge is 2.62. The number of Topliss-reactive ketones (excluding diaryl/α,β-unsaturated/α-hetero) is 2. The number of aliphatic hydroxyl groups is 1. The first kappa shape index (κ1) is 55.9. The average Bonchev–Trinajstić information content (AvgIpc) is 4.11. The molecule has 3 fully saturated rings. The fourth-order valence-electron chi connectivity index (χ4n) is 11.3. The van der Waals surface area contributed by atoms with Crippen LogP contribution in [-0.2, 0) is 51.2 Å². The van der Waals surface area contributed by atoms with E-state index in [-0.39, 0.29) is 25.2 Å². The number of aryl methyl sites for hydroxylation is 2. The number of hydrogen-bond acceptors (Lipinski definition) is 17. The van der Waals surface area contributed by atoms with Crippen molar-refractivity contribution in [2.75, 3.05) is 38.7 Å². The maximum atomic E-state index is 17.2. The van der Waals surface area contributed by atoms with Crippen molar-refractivity contribution in [1.29, 1.82) is 0 Å². The van der Waals surface area contributed by atoms with E-state index in [1.54, 1.807) is 56.1 Å². The molecule has 0 radical (unpaired) electrons. The van der Waals surface area contributed by atoms with Crippen LogP contribution >= 0.6 is 0 Å². The van der Waals surface area contributed by atoms with Gasteiger partial charge in [0.25, 0.3) is 5.67 Å². The van der Waals surface area contributed by atoms with Crippen LogP contribution in [0.4, 0.5) is 20.6 Å². The number of ether oxygens (including phenoxy) is 5. The minimum absolute atomic E-state index is 0.0450. The molecule has 2 aromatic carbocycles. The number of anilines is 2.